The van der Waals surface area contributed by atoms with Gasteiger partial charge in [-0.3, -0.25) is 14.6 Å². The number of hydrogen-bond donors (Lipinski definition) is 0. The van der Waals surface area contributed by atoms with Crippen LogP contribution in [0.5, 0.6) is 5.75 Å². The third kappa shape index (κ3) is 5.16. The van der Waals surface area contributed by atoms with Crippen LogP contribution < -0.4 is 4.74 Å². The summed E-state index contributed by atoms with van der Waals surface area (Å²) in [5.41, 5.74) is 1.84. The molecule has 158 valence electrons. The number of amides is 2. The number of pyridine rings is 1. The third-order valence-electron chi connectivity index (χ3n) is 5.49. The van der Waals surface area contributed by atoms with Gasteiger partial charge in [0.25, 0.3) is 0 Å². The predicted octanol–water partition coefficient (Wildman–Crippen LogP) is 2.26. The zero-order valence-corrected chi connectivity index (χ0v) is 17.2. The van der Waals surface area contributed by atoms with Crippen molar-refractivity contribution in [2.75, 3.05) is 26.7 Å². The molecule has 0 N–H and O–H groups in total. The maximum Gasteiger partial charge on any atom is 0.242 e. The molecule has 1 saturated carbocycles. The van der Waals surface area contributed by atoms with Gasteiger partial charge in [0.2, 0.25) is 11.8 Å². The molecule has 0 radical (unpaired) electrons. The molecule has 7 heteroatoms. The molecule has 7 nitrogen and oxygen atoms in total. The van der Waals surface area contributed by atoms with Gasteiger partial charge in [-0.05, 0) is 42.7 Å². The topological polar surface area (TPSA) is 72.0 Å². The van der Waals surface area contributed by atoms with Crippen LogP contribution in [-0.2, 0) is 27.5 Å². The van der Waals surface area contributed by atoms with E-state index in [0.717, 1.165) is 29.8 Å². The maximum atomic E-state index is 13.0. The highest BCUT2D eigenvalue weighted by Crippen LogP contribution is 2.31. The highest BCUT2D eigenvalue weighted by molar-refractivity contribution is 5.87. The van der Waals surface area contributed by atoms with Gasteiger partial charge >= 0.3 is 0 Å². The highest BCUT2D eigenvalue weighted by Gasteiger charge is 2.38. The lowest BCUT2D eigenvalue weighted by molar-refractivity contribution is -0.139. The summed E-state index contributed by atoms with van der Waals surface area (Å²) < 4.78 is 11.3. The van der Waals surface area contributed by atoms with E-state index in [1.807, 2.05) is 42.5 Å². The number of nitrogens with zero attached hydrogens (tertiary/aromatic N) is 3. The summed E-state index contributed by atoms with van der Waals surface area (Å²) in [6, 6.07) is 13.4. The van der Waals surface area contributed by atoms with Gasteiger partial charge in [0.15, 0.2) is 0 Å². The first kappa shape index (κ1) is 20.3. The van der Waals surface area contributed by atoms with Gasteiger partial charge < -0.3 is 19.3 Å². The second-order valence-corrected chi connectivity index (χ2v) is 7.87. The van der Waals surface area contributed by atoms with Gasteiger partial charge in [0, 0.05) is 31.7 Å². The molecule has 1 saturated heterocycles. The Morgan fingerprint density at radius 1 is 1.13 bits per heavy atom. The Hall–Kier alpha value is -2.93. The number of carbonyl (C=O) groups is 2. The van der Waals surface area contributed by atoms with Gasteiger partial charge in [-0.1, -0.05) is 18.2 Å². The number of methoxy groups -OCH3 is 1. The van der Waals surface area contributed by atoms with Crippen molar-refractivity contribution in [1.82, 2.24) is 14.8 Å². The quantitative estimate of drug-likeness (QED) is 0.702. The molecule has 1 unspecified atom stereocenters. The third-order valence-corrected chi connectivity index (χ3v) is 5.49. The highest BCUT2D eigenvalue weighted by atomic mass is 16.5. The molecule has 30 heavy (non-hydrogen) atoms. The summed E-state index contributed by atoms with van der Waals surface area (Å²) in [6.45, 7) is 1.79. The lowest BCUT2D eigenvalue weighted by atomic mass is 10.2. The molecule has 4 rings (SSSR count). The van der Waals surface area contributed by atoms with Gasteiger partial charge in [-0.15, -0.1) is 0 Å². The van der Waals surface area contributed by atoms with Crippen molar-refractivity contribution >= 4 is 11.8 Å². The summed E-state index contributed by atoms with van der Waals surface area (Å²) >= 11 is 0. The van der Waals surface area contributed by atoms with Crippen LogP contribution in [0.25, 0.3) is 0 Å². The van der Waals surface area contributed by atoms with Crippen LogP contribution in [0.15, 0.2) is 48.7 Å². The van der Waals surface area contributed by atoms with Crippen molar-refractivity contribution in [3.63, 3.8) is 0 Å². The minimum Gasteiger partial charge on any atom is -0.497 e. The van der Waals surface area contributed by atoms with Crippen LogP contribution in [0.4, 0.5) is 0 Å². The largest absolute Gasteiger partial charge is 0.497 e. The first-order chi connectivity index (χ1) is 14.6. The molecule has 1 aliphatic heterocycles. The summed E-state index contributed by atoms with van der Waals surface area (Å²) in [5, 5.41) is 0. The van der Waals surface area contributed by atoms with E-state index in [0.29, 0.717) is 26.2 Å². The number of hydrogen-bond acceptors (Lipinski definition) is 5. The lowest BCUT2D eigenvalue weighted by Gasteiger charge is -2.25. The molecule has 2 amide bonds. The molecule has 0 bridgehead atoms. The summed E-state index contributed by atoms with van der Waals surface area (Å²) in [7, 11) is 1.63. The summed E-state index contributed by atoms with van der Waals surface area (Å²) in [4.78, 5) is 33.4. The fourth-order valence-corrected chi connectivity index (χ4v) is 3.63. The number of ether oxygens (including phenoxy) is 2. The maximum absolute atomic E-state index is 13.0. The Labute approximate surface area is 176 Å². The number of rotatable bonds is 7. The minimum absolute atomic E-state index is 0.0521. The molecule has 1 aliphatic carbocycles. The van der Waals surface area contributed by atoms with Crippen molar-refractivity contribution in [2.24, 2.45) is 5.92 Å². The van der Waals surface area contributed by atoms with Crippen LogP contribution in [0.1, 0.15) is 24.1 Å². The van der Waals surface area contributed by atoms with E-state index < -0.39 is 0 Å². The molecule has 2 heterocycles. The van der Waals surface area contributed by atoms with E-state index in [9.17, 15) is 9.59 Å². The number of benzene rings is 1. The van der Waals surface area contributed by atoms with Crippen molar-refractivity contribution in [3.05, 3.63) is 59.9 Å². The minimum atomic E-state index is -0.264. The molecular weight excluding hydrogens is 382 g/mol. The Kier molecular flexibility index (Phi) is 6.28. The average molecular weight is 409 g/mol. The smallest absolute Gasteiger partial charge is 0.242 e. The van der Waals surface area contributed by atoms with Gasteiger partial charge in [0.1, 0.15) is 5.75 Å². The van der Waals surface area contributed by atoms with Crippen molar-refractivity contribution < 1.29 is 19.1 Å². The van der Waals surface area contributed by atoms with Crippen LogP contribution in [-0.4, -0.2) is 59.4 Å². The fourth-order valence-electron chi connectivity index (χ4n) is 3.63. The molecule has 1 aromatic carbocycles. The van der Waals surface area contributed by atoms with Crippen molar-refractivity contribution in [1.29, 1.82) is 0 Å². The number of carbonyl (C=O) groups excluding carboxylic acids is 2. The van der Waals surface area contributed by atoms with E-state index in [1.54, 1.807) is 23.1 Å². The van der Waals surface area contributed by atoms with Crippen LogP contribution in [0.2, 0.25) is 0 Å². The van der Waals surface area contributed by atoms with Crippen LogP contribution in [0.3, 0.4) is 0 Å². The van der Waals surface area contributed by atoms with Gasteiger partial charge in [-0.2, -0.15) is 0 Å². The zero-order valence-electron chi connectivity index (χ0n) is 17.2. The van der Waals surface area contributed by atoms with E-state index in [1.165, 1.54) is 0 Å². The molecule has 1 atom stereocenters. The SMILES string of the molecule is COc1ccc(CN2CC(OCc3ccccn3)CN(C(=O)C3CC3)CC2=O)cc1. The van der Waals surface area contributed by atoms with Crippen LogP contribution >= 0.6 is 0 Å². The second kappa shape index (κ2) is 9.26. The normalized spacial score (nSPS) is 19.5. The zero-order chi connectivity index (χ0) is 20.9. The second-order valence-electron chi connectivity index (χ2n) is 7.87. The van der Waals surface area contributed by atoms with E-state index >= 15 is 0 Å². The first-order valence-corrected chi connectivity index (χ1v) is 10.3. The lowest BCUT2D eigenvalue weighted by Crippen LogP contribution is -2.40. The monoisotopic (exact) mass is 409 g/mol. The number of aromatic nitrogens is 1. The Morgan fingerprint density at radius 2 is 1.93 bits per heavy atom. The molecule has 2 aliphatic rings. The van der Waals surface area contributed by atoms with Gasteiger partial charge in [-0.25, -0.2) is 0 Å². The Bertz CT molecular complexity index is 868. The molecule has 2 aromatic rings. The van der Waals surface area contributed by atoms with E-state index in [2.05, 4.69) is 4.98 Å². The molecule has 0 spiro atoms. The van der Waals surface area contributed by atoms with E-state index in [4.69, 9.17) is 9.47 Å². The molecular formula is C23H27N3O4. The summed E-state index contributed by atoms with van der Waals surface area (Å²) in [6.07, 6.45) is 3.30. The fraction of sp³-hybridized carbons (Fsp3) is 0.435. The van der Waals surface area contributed by atoms with Crippen molar-refractivity contribution in [3.8, 4) is 5.75 Å². The molecule has 2 fully saturated rings. The Balaban J connectivity index is 1.47. The first-order valence-electron chi connectivity index (χ1n) is 10.3. The average Bonchev–Trinajstić information content (AvgIpc) is 3.63. The molecule has 1 aromatic heterocycles. The standard InChI is InChI=1S/C23H27N3O4/c1-29-20-9-5-17(6-10-20)12-25-13-21(30-16-19-4-2-3-11-24-19)14-26(15-22(25)27)23(28)18-7-8-18/h2-6,9-11,18,21H,7-8,12-16H2,1H3. The van der Waals surface area contributed by atoms with Crippen LogP contribution in [0, 0.1) is 5.92 Å². The Morgan fingerprint density at radius 3 is 2.60 bits per heavy atom. The summed E-state index contributed by atoms with van der Waals surface area (Å²) in [5.74, 6) is 0.867. The predicted molar refractivity (Wildman–Crippen MR) is 111 cm³/mol. The van der Waals surface area contributed by atoms with Crippen molar-refractivity contribution in [2.45, 2.75) is 32.1 Å². The van der Waals surface area contributed by atoms with Gasteiger partial charge in [0.05, 0.1) is 32.1 Å². The van der Waals surface area contributed by atoms with E-state index in [-0.39, 0.29) is 30.4 Å².